The van der Waals surface area contributed by atoms with Gasteiger partial charge >= 0.3 is 5.97 Å². The highest BCUT2D eigenvalue weighted by Gasteiger charge is 2.31. The number of halogens is 1. The molecule has 0 radical (unpaired) electrons. The number of carboxylic acid groups (broad SMARTS) is 1. The lowest BCUT2D eigenvalue weighted by Gasteiger charge is -2.20. The summed E-state index contributed by atoms with van der Waals surface area (Å²) in [5.41, 5.74) is -0.0419. The average Bonchev–Trinajstić information content (AvgIpc) is 3.22. The van der Waals surface area contributed by atoms with E-state index in [0.717, 1.165) is 12.8 Å². The van der Waals surface area contributed by atoms with E-state index in [4.69, 9.17) is 21.4 Å². The Morgan fingerprint density at radius 3 is 2.70 bits per heavy atom. The molecular formula is C14H16ClNO4. The van der Waals surface area contributed by atoms with Gasteiger partial charge in [-0.1, -0.05) is 11.6 Å². The molecule has 1 aromatic carbocycles. The van der Waals surface area contributed by atoms with Gasteiger partial charge in [0, 0.05) is 17.6 Å². The maximum atomic E-state index is 12.0. The van der Waals surface area contributed by atoms with Crippen LogP contribution in [0.3, 0.4) is 0 Å². The number of benzene rings is 1. The summed E-state index contributed by atoms with van der Waals surface area (Å²) in [6, 6.07) is 4.63. The van der Waals surface area contributed by atoms with Crippen LogP contribution in [0.2, 0.25) is 5.02 Å². The van der Waals surface area contributed by atoms with Crippen LogP contribution in [-0.2, 0) is 4.79 Å². The standard InChI is InChI=1S/C14H16ClNO4/c1-2-16(10-4-5-10)13(17)8-20-12-6-3-9(15)7-11(12)14(18)19/h3,6-7,10H,2,4-5,8H2,1H3,(H,18,19). The van der Waals surface area contributed by atoms with Crippen LogP contribution in [0.25, 0.3) is 0 Å². The van der Waals surface area contributed by atoms with Gasteiger partial charge in [-0.3, -0.25) is 4.79 Å². The zero-order chi connectivity index (χ0) is 14.7. The maximum absolute atomic E-state index is 12.0. The summed E-state index contributed by atoms with van der Waals surface area (Å²) < 4.78 is 5.35. The first-order valence-electron chi connectivity index (χ1n) is 6.48. The average molecular weight is 298 g/mol. The Labute approximate surface area is 122 Å². The van der Waals surface area contributed by atoms with Crippen LogP contribution in [0, 0.1) is 0 Å². The molecule has 1 aromatic rings. The Morgan fingerprint density at radius 2 is 2.15 bits per heavy atom. The quantitative estimate of drug-likeness (QED) is 0.875. The van der Waals surface area contributed by atoms with Crippen LogP contribution in [0.4, 0.5) is 0 Å². The van der Waals surface area contributed by atoms with Crippen molar-refractivity contribution in [1.29, 1.82) is 0 Å². The van der Waals surface area contributed by atoms with Gasteiger partial charge in [-0.15, -0.1) is 0 Å². The third-order valence-electron chi connectivity index (χ3n) is 3.17. The first kappa shape index (κ1) is 14.7. The first-order valence-corrected chi connectivity index (χ1v) is 6.85. The van der Waals surface area contributed by atoms with E-state index >= 15 is 0 Å². The number of hydrogen-bond acceptors (Lipinski definition) is 3. The third kappa shape index (κ3) is 3.42. The second-order valence-corrected chi connectivity index (χ2v) is 5.08. The molecule has 0 saturated heterocycles. The van der Waals surface area contributed by atoms with Gasteiger partial charge in [0.1, 0.15) is 11.3 Å². The normalized spacial score (nSPS) is 13.9. The highest BCUT2D eigenvalue weighted by molar-refractivity contribution is 6.31. The number of rotatable bonds is 6. The van der Waals surface area contributed by atoms with E-state index in [0.29, 0.717) is 17.6 Å². The van der Waals surface area contributed by atoms with Crippen molar-refractivity contribution in [2.24, 2.45) is 0 Å². The largest absolute Gasteiger partial charge is 0.483 e. The topological polar surface area (TPSA) is 66.8 Å². The van der Waals surface area contributed by atoms with Crippen LogP contribution in [0.5, 0.6) is 5.75 Å². The highest BCUT2D eigenvalue weighted by atomic mass is 35.5. The molecule has 1 aliphatic carbocycles. The van der Waals surface area contributed by atoms with Crippen molar-refractivity contribution in [2.45, 2.75) is 25.8 Å². The van der Waals surface area contributed by atoms with Crippen molar-refractivity contribution in [2.75, 3.05) is 13.2 Å². The fourth-order valence-electron chi connectivity index (χ4n) is 2.04. The fourth-order valence-corrected chi connectivity index (χ4v) is 2.21. The minimum absolute atomic E-state index is 0.0419. The van der Waals surface area contributed by atoms with Gasteiger partial charge in [0.25, 0.3) is 5.91 Å². The second-order valence-electron chi connectivity index (χ2n) is 4.65. The van der Waals surface area contributed by atoms with Crippen molar-refractivity contribution < 1.29 is 19.4 Å². The Balaban J connectivity index is 2.03. The van der Waals surface area contributed by atoms with Gasteiger partial charge in [-0.25, -0.2) is 4.79 Å². The molecule has 20 heavy (non-hydrogen) atoms. The van der Waals surface area contributed by atoms with E-state index in [9.17, 15) is 9.59 Å². The van der Waals surface area contributed by atoms with Crippen LogP contribution < -0.4 is 4.74 Å². The molecule has 108 valence electrons. The highest BCUT2D eigenvalue weighted by Crippen LogP contribution is 2.27. The minimum atomic E-state index is -1.13. The van der Waals surface area contributed by atoms with Crippen LogP contribution in [0.1, 0.15) is 30.1 Å². The molecule has 0 aromatic heterocycles. The summed E-state index contributed by atoms with van der Waals surface area (Å²) in [7, 11) is 0. The summed E-state index contributed by atoms with van der Waals surface area (Å²) in [4.78, 5) is 24.9. The lowest BCUT2D eigenvalue weighted by Crippen LogP contribution is -2.36. The smallest absolute Gasteiger partial charge is 0.339 e. The zero-order valence-electron chi connectivity index (χ0n) is 11.1. The van der Waals surface area contributed by atoms with Crippen molar-refractivity contribution in [3.8, 4) is 5.75 Å². The van der Waals surface area contributed by atoms with Gasteiger partial charge in [-0.2, -0.15) is 0 Å². The van der Waals surface area contributed by atoms with Gasteiger partial charge in [-0.05, 0) is 38.0 Å². The van der Waals surface area contributed by atoms with Crippen LogP contribution in [0.15, 0.2) is 18.2 Å². The maximum Gasteiger partial charge on any atom is 0.339 e. The number of carboxylic acids is 1. The summed E-state index contributed by atoms with van der Waals surface area (Å²) in [5, 5.41) is 9.39. The number of likely N-dealkylation sites (N-methyl/N-ethyl adjacent to an activating group) is 1. The fraction of sp³-hybridized carbons (Fsp3) is 0.429. The number of ether oxygens (including phenoxy) is 1. The molecule has 1 N–H and O–H groups in total. The van der Waals surface area contributed by atoms with E-state index in [-0.39, 0.29) is 23.8 Å². The number of nitrogens with zero attached hydrogens (tertiary/aromatic N) is 1. The number of amides is 1. The monoisotopic (exact) mass is 297 g/mol. The Hall–Kier alpha value is -1.75. The summed E-state index contributed by atoms with van der Waals surface area (Å²) >= 11 is 5.75. The lowest BCUT2D eigenvalue weighted by atomic mass is 10.2. The molecule has 0 spiro atoms. The molecule has 1 amide bonds. The van der Waals surface area contributed by atoms with Gasteiger partial charge in [0.2, 0.25) is 0 Å². The lowest BCUT2D eigenvalue weighted by molar-refractivity contribution is -0.133. The van der Waals surface area contributed by atoms with E-state index in [1.165, 1.54) is 18.2 Å². The van der Waals surface area contributed by atoms with Gasteiger partial charge in [0.05, 0.1) is 0 Å². The summed E-state index contributed by atoms with van der Waals surface area (Å²) in [6.45, 7) is 2.40. The Morgan fingerprint density at radius 1 is 1.45 bits per heavy atom. The van der Waals surface area contributed by atoms with Gasteiger partial charge < -0.3 is 14.7 Å². The molecule has 0 unspecified atom stereocenters. The van der Waals surface area contributed by atoms with E-state index in [2.05, 4.69) is 0 Å². The van der Waals surface area contributed by atoms with E-state index in [1.807, 2.05) is 6.92 Å². The molecule has 1 saturated carbocycles. The number of carbonyl (C=O) groups excluding carboxylic acids is 1. The molecule has 1 aliphatic rings. The van der Waals surface area contributed by atoms with Crippen molar-refractivity contribution in [1.82, 2.24) is 4.90 Å². The molecule has 2 rings (SSSR count). The number of carbonyl (C=O) groups is 2. The van der Waals surface area contributed by atoms with Crippen molar-refractivity contribution >= 4 is 23.5 Å². The van der Waals surface area contributed by atoms with E-state index in [1.54, 1.807) is 4.90 Å². The van der Waals surface area contributed by atoms with Crippen LogP contribution >= 0.6 is 11.6 Å². The minimum Gasteiger partial charge on any atom is -0.483 e. The molecule has 0 heterocycles. The van der Waals surface area contributed by atoms with Crippen molar-refractivity contribution in [3.05, 3.63) is 28.8 Å². The molecule has 0 aliphatic heterocycles. The molecular weight excluding hydrogens is 282 g/mol. The first-order chi connectivity index (χ1) is 9.52. The Kier molecular flexibility index (Phi) is 4.49. The second kappa shape index (κ2) is 6.13. The molecule has 0 atom stereocenters. The molecule has 6 heteroatoms. The molecule has 0 bridgehead atoms. The third-order valence-corrected chi connectivity index (χ3v) is 3.41. The van der Waals surface area contributed by atoms with E-state index < -0.39 is 5.97 Å². The van der Waals surface area contributed by atoms with Gasteiger partial charge in [0.15, 0.2) is 6.61 Å². The summed E-state index contributed by atoms with van der Waals surface area (Å²) in [5.74, 6) is -1.10. The SMILES string of the molecule is CCN(C(=O)COc1ccc(Cl)cc1C(=O)O)C1CC1. The number of hydrogen-bond donors (Lipinski definition) is 1. The van der Waals surface area contributed by atoms with Crippen LogP contribution in [-0.4, -0.2) is 41.1 Å². The molecule has 5 nitrogen and oxygen atoms in total. The Bertz CT molecular complexity index is 528. The van der Waals surface area contributed by atoms with Crippen molar-refractivity contribution in [3.63, 3.8) is 0 Å². The predicted molar refractivity (Wildman–Crippen MR) is 74.3 cm³/mol. The summed E-state index contributed by atoms with van der Waals surface area (Å²) in [6.07, 6.45) is 2.06. The molecule has 1 fully saturated rings. The predicted octanol–water partition coefficient (Wildman–Crippen LogP) is 2.43. The number of aromatic carboxylic acids is 1. The zero-order valence-corrected chi connectivity index (χ0v) is 11.9.